The number of aliphatic carboxylic acids is 1. The van der Waals surface area contributed by atoms with Crippen molar-refractivity contribution in [2.45, 2.75) is 43.7 Å². The van der Waals surface area contributed by atoms with Crippen LogP contribution in [0.25, 0.3) is 0 Å². The molecule has 1 atom stereocenters. The predicted octanol–water partition coefficient (Wildman–Crippen LogP) is 2.95. The molecule has 1 amide bonds. The van der Waals surface area contributed by atoms with Crippen LogP contribution in [0.15, 0.2) is 34.5 Å². The van der Waals surface area contributed by atoms with E-state index in [1.807, 2.05) is 12.1 Å². The number of fused-ring (bicyclic) bond motifs is 1. The SMILES string of the molecule is C#CCCC1(CCC(=O)N2CCC(C(=O)O)c3ccccc32)N=N1. The number of carboxylic acids is 1. The highest BCUT2D eigenvalue weighted by Crippen LogP contribution is 2.39. The van der Waals surface area contributed by atoms with Crippen LogP contribution in [0.3, 0.4) is 0 Å². The predicted molar refractivity (Wildman–Crippen MR) is 88.7 cm³/mol. The van der Waals surface area contributed by atoms with Crippen LogP contribution in [0, 0.1) is 12.3 Å². The lowest BCUT2D eigenvalue weighted by Gasteiger charge is -2.33. The smallest absolute Gasteiger partial charge is 0.311 e. The minimum absolute atomic E-state index is 0.0244. The Hall–Kier alpha value is -2.68. The van der Waals surface area contributed by atoms with Gasteiger partial charge in [0.05, 0.1) is 5.92 Å². The van der Waals surface area contributed by atoms with E-state index in [9.17, 15) is 14.7 Å². The molecule has 0 spiro atoms. The molecule has 0 aliphatic carbocycles. The van der Waals surface area contributed by atoms with E-state index in [0.29, 0.717) is 49.9 Å². The molecular formula is C18H19N3O3. The van der Waals surface area contributed by atoms with Gasteiger partial charge in [0, 0.05) is 37.9 Å². The summed E-state index contributed by atoms with van der Waals surface area (Å²) in [6, 6.07) is 7.22. The first kappa shape index (κ1) is 16.2. The maximum absolute atomic E-state index is 12.6. The maximum Gasteiger partial charge on any atom is 0.311 e. The largest absolute Gasteiger partial charge is 0.481 e. The summed E-state index contributed by atoms with van der Waals surface area (Å²) in [5.74, 6) is 1.14. The number of hydrogen-bond donors (Lipinski definition) is 1. The number of rotatable bonds is 6. The first-order chi connectivity index (χ1) is 11.6. The zero-order valence-electron chi connectivity index (χ0n) is 13.3. The van der Waals surface area contributed by atoms with Gasteiger partial charge in [0.15, 0.2) is 5.66 Å². The molecule has 124 valence electrons. The number of terminal acetylenes is 1. The number of amides is 1. The summed E-state index contributed by atoms with van der Waals surface area (Å²) in [5, 5.41) is 17.5. The first-order valence-electron chi connectivity index (χ1n) is 8.06. The Morgan fingerprint density at radius 2 is 2.08 bits per heavy atom. The van der Waals surface area contributed by atoms with Crippen molar-refractivity contribution in [2.24, 2.45) is 10.2 Å². The standard InChI is InChI=1S/C18H19N3O3/c1-2-3-10-18(19-20-18)11-8-16(22)21-12-9-14(17(23)24)13-6-4-5-7-15(13)21/h1,4-7,14H,3,8-12H2,(H,23,24). The highest BCUT2D eigenvalue weighted by molar-refractivity contribution is 5.96. The fourth-order valence-corrected chi connectivity index (χ4v) is 3.19. The van der Waals surface area contributed by atoms with Crippen LogP contribution in [0.4, 0.5) is 5.69 Å². The Bertz CT molecular complexity index is 729. The molecule has 1 aromatic carbocycles. The van der Waals surface area contributed by atoms with Crippen molar-refractivity contribution in [3.8, 4) is 12.3 Å². The molecule has 0 bridgehead atoms. The van der Waals surface area contributed by atoms with E-state index in [1.165, 1.54) is 0 Å². The summed E-state index contributed by atoms with van der Waals surface area (Å²) in [7, 11) is 0. The number of carboxylic acid groups (broad SMARTS) is 1. The first-order valence-corrected chi connectivity index (χ1v) is 8.06. The monoisotopic (exact) mass is 325 g/mol. The van der Waals surface area contributed by atoms with E-state index < -0.39 is 17.6 Å². The molecule has 1 aromatic rings. The molecule has 6 heteroatoms. The van der Waals surface area contributed by atoms with Crippen molar-refractivity contribution in [2.75, 3.05) is 11.4 Å². The van der Waals surface area contributed by atoms with Gasteiger partial charge in [-0.3, -0.25) is 9.59 Å². The molecule has 2 heterocycles. The average molecular weight is 325 g/mol. The van der Waals surface area contributed by atoms with Crippen LogP contribution in [-0.2, 0) is 9.59 Å². The second kappa shape index (κ2) is 6.44. The van der Waals surface area contributed by atoms with Crippen LogP contribution < -0.4 is 4.90 Å². The highest BCUT2D eigenvalue weighted by atomic mass is 16.4. The van der Waals surface area contributed by atoms with Crippen LogP contribution in [-0.4, -0.2) is 29.2 Å². The Labute approximate surface area is 140 Å². The number of carbonyl (C=O) groups is 2. The van der Waals surface area contributed by atoms with Gasteiger partial charge in [0.1, 0.15) is 0 Å². The fourth-order valence-electron chi connectivity index (χ4n) is 3.19. The van der Waals surface area contributed by atoms with E-state index >= 15 is 0 Å². The number of carbonyl (C=O) groups excluding carboxylic acids is 1. The molecule has 2 aliphatic rings. The molecule has 1 N–H and O–H groups in total. The van der Waals surface area contributed by atoms with Crippen molar-refractivity contribution in [3.63, 3.8) is 0 Å². The van der Waals surface area contributed by atoms with Gasteiger partial charge in [-0.1, -0.05) is 18.2 Å². The zero-order valence-corrected chi connectivity index (χ0v) is 13.3. The molecule has 0 saturated heterocycles. The van der Waals surface area contributed by atoms with Gasteiger partial charge >= 0.3 is 5.97 Å². The number of benzene rings is 1. The molecule has 3 rings (SSSR count). The third-order valence-electron chi connectivity index (χ3n) is 4.64. The van der Waals surface area contributed by atoms with Gasteiger partial charge in [0.2, 0.25) is 5.91 Å². The number of nitrogens with zero attached hydrogens (tertiary/aromatic N) is 3. The Morgan fingerprint density at radius 3 is 2.75 bits per heavy atom. The lowest BCUT2D eigenvalue weighted by molar-refractivity contribution is -0.139. The highest BCUT2D eigenvalue weighted by Gasteiger charge is 2.40. The van der Waals surface area contributed by atoms with Crippen molar-refractivity contribution in [1.29, 1.82) is 0 Å². The van der Waals surface area contributed by atoms with Gasteiger partial charge in [0.25, 0.3) is 0 Å². The summed E-state index contributed by atoms with van der Waals surface area (Å²) in [6.07, 6.45) is 7.84. The van der Waals surface area contributed by atoms with Gasteiger partial charge in [-0.2, -0.15) is 10.2 Å². The van der Waals surface area contributed by atoms with E-state index in [0.717, 1.165) is 0 Å². The summed E-state index contributed by atoms with van der Waals surface area (Å²) in [4.78, 5) is 25.7. The summed E-state index contributed by atoms with van der Waals surface area (Å²) < 4.78 is 0. The quantitative estimate of drug-likeness (QED) is 0.816. The molecule has 2 aliphatic heterocycles. The topological polar surface area (TPSA) is 82.3 Å². The summed E-state index contributed by atoms with van der Waals surface area (Å²) in [5.41, 5.74) is 0.928. The molecule has 0 saturated carbocycles. The third-order valence-corrected chi connectivity index (χ3v) is 4.64. The number of para-hydroxylation sites is 1. The fraction of sp³-hybridized carbons (Fsp3) is 0.444. The number of anilines is 1. The molecule has 1 unspecified atom stereocenters. The molecular weight excluding hydrogens is 306 g/mol. The van der Waals surface area contributed by atoms with Crippen molar-refractivity contribution in [1.82, 2.24) is 0 Å². The zero-order chi connectivity index (χ0) is 17.2. The molecule has 0 fully saturated rings. The number of hydrogen-bond acceptors (Lipinski definition) is 4. The Morgan fingerprint density at radius 1 is 1.33 bits per heavy atom. The molecule has 6 nitrogen and oxygen atoms in total. The maximum atomic E-state index is 12.6. The van der Waals surface area contributed by atoms with Gasteiger partial charge in [-0.15, -0.1) is 12.3 Å². The van der Waals surface area contributed by atoms with E-state index in [-0.39, 0.29) is 5.91 Å². The second-order valence-electron chi connectivity index (χ2n) is 6.17. The van der Waals surface area contributed by atoms with Crippen LogP contribution in [0.1, 0.15) is 43.6 Å². The minimum Gasteiger partial charge on any atom is -0.481 e. The lowest BCUT2D eigenvalue weighted by Crippen LogP contribution is -2.38. The third kappa shape index (κ3) is 3.16. The van der Waals surface area contributed by atoms with Crippen LogP contribution in [0.5, 0.6) is 0 Å². The van der Waals surface area contributed by atoms with Gasteiger partial charge in [-0.25, -0.2) is 0 Å². The van der Waals surface area contributed by atoms with Crippen LogP contribution >= 0.6 is 0 Å². The average Bonchev–Trinajstić information content (AvgIpc) is 3.37. The van der Waals surface area contributed by atoms with E-state index in [4.69, 9.17) is 6.42 Å². The minimum atomic E-state index is -0.849. The van der Waals surface area contributed by atoms with Gasteiger partial charge in [-0.05, 0) is 18.1 Å². The Kier molecular flexibility index (Phi) is 4.34. The van der Waals surface area contributed by atoms with Crippen molar-refractivity contribution >= 4 is 17.6 Å². The Balaban J connectivity index is 1.69. The van der Waals surface area contributed by atoms with Crippen molar-refractivity contribution < 1.29 is 14.7 Å². The van der Waals surface area contributed by atoms with Crippen molar-refractivity contribution in [3.05, 3.63) is 29.8 Å². The van der Waals surface area contributed by atoms with Gasteiger partial charge < -0.3 is 10.0 Å². The molecule has 0 radical (unpaired) electrons. The summed E-state index contributed by atoms with van der Waals surface area (Å²) >= 11 is 0. The lowest BCUT2D eigenvalue weighted by atomic mass is 9.89. The molecule has 24 heavy (non-hydrogen) atoms. The van der Waals surface area contributed by atoms with E-state index in [1.54, 1.807) is 17.0 Å². The summed E-state index contributed by atoms with van der Waals surface area (Å²) in [6.45, 7) is 0.415. The normalized spacial score (nSPS) is 20.1. The van der Waals surface area contributed by atoms with Crippen LogP contribution in [0.2, 0.25) is 0 Å². The second-order valence-corrected chi connectivity index (χ2v) is 6.17. The van der Waals surface area contributed by atoms with E-state index in [2.05, 4.69) is 16.1 Å². The molecule has 0 aromatic heterocycles.